The molecule has 2 saturated carbocycles. The molecule has 2 aliphatic heterocycles. The molecule has 6 amide bonds. The van der Waals surface area contributed by atoms with Crippen molar-refractivity contribution in [2.45, 2.75) is 160 Å². The molecule has 21 heteroatoms. The van der Waals surface area contributed by atoms with Gasteiger partial charge < -0.3 is 45.9 Å². The van der Waals surface area contributed by atoms with Crippen LogP contribution >= 0.6 is 23.1 Å². The lowest BCUT2D eigenvalue weighted by molar-refractivity contribution is -0.142. The Morgan fingerprint density at radius 2 is 0.978 bits per heavy atom. The minimum Gasteiger partial charge on any atom is -0.372 e. The standard InChI is InChI=1S/C69H79N11O8S2/c1-5-44(2)62(81)71-60(52-26-14-8-15-27-52)68(85)79-40-54(38-56(79)64(83)73-66-58(75-77-89-66)50-22-10-6-11-23-50)87-42-48-34-30-46(31-35-48)20-18-19-21-47-32-36-49(37-33-47)43-88-55-39-57(65(84)74-67-59(76-78-90-67)51-24-12-7-13-25-51)80(41-55)69(86)61(53-28-16-9-17-29-53)72-63(82)45(3)70-4/h6-7,10-13,22-25,30-37,44-45,52-57,60-61,70H,5,8-9,14-17,26-29,38-43H2,1-4H3,(H,71,81)(H,72,82)(H,73,83)(H,74,84)/t44-,45+,54+,55+,56+,57+,60+,61+/m1/s1. The molecule has 5 N–H and O–H groups in total. The zero-order chi connectivity index (χ0) is 62.9. The Kier molecular flexibility index (Phi) is 22.7. The zero-order valence-electron chi connectivity index (χ0n) is 51.5. The van der Waals surface area contributed by atoms with Crippen molar-refractivity contribution in [2.24, 2.45) is 17.8 Å². The van der Waals surface area contributed by atoms with E-state index in [4.69, 9.17) is 9.47 Å². The van der Waals surface area contributed by atoms with E-state index < -0.39 is 42.4 Å². The van der Waals surface area contributed by atoms with Crippen LogP contribution in [-0.4, -0.2) is 127 Å². The fourth-order valence-electron chi connectivity index (χ4n) is 12.3. The third-order valence-electron chi connectivity index (χ3n) is 17.9. The maximum Gasteiger partial charge on any atom is 0.247 e. The van der Waals surface area contributed by atoms with Crippen LogP contribution in [0.1, 0.15) is 126 Å². The van der Waals surface area contributed by atoms with E-state index in [1.807, 2.05) is 123 Å². The highest BCUT2D eigenvalue weighted by atomic mass is 32.1. The van der Waals surface area contributed by atoms with Crippen LogP contribution in [0.25, 0.3) is 22.5 Å². The van der Waals surface area contributed by atoms with Gasteiger partial charge in [0, 0.05) is 77.2 Å². The van der Waals surface area contributed by atoms with E-state index in [1.54, 1.807) is 23.8 Å². The van der Waals surface area contributed by atoms with Crippen LogP contribution in [0.2, 0.25) is 0 Å². The number of hydrogen-bond donors (Lipinski definition) is 5. The number of amides is 6. The number of nitrogens with one attached hydrogen (secondary N) is 5. The third-order valence-corrected chi connectivity index (χ3v) is 19.1. The van der Waals surface area contributed by atoms with Gasteiger partial charge in [0.25, 0.3) is 0 Å². The van der Waals surface area contributed by atoms with Crippen LogP contribution < -0.4 is 26.6 Å². The highest BCUT2D eigenvalue weighted by molar-refractivity contribution is 7.11. The monoisotopic (exact) mass is 1250 g/mol. The van der Waals surface area contributed by atoms with E-state index in [-0.39, 0.29) is 92.3 Å². The smallest absolute Gasteiger partial charge is 0.247 e. The first-order valence-electron chi connectivity index (χ1n) is 31.5. The van der Waals surface area contributed by atoms with Crippen molar-refractivity contribution in [3.05, 3.63) is 131 Å². The number of anilines is 2. The van der Waals surface area contributed by atoms with Crippen molar-refractivity contribution in [1.29, 1.82) is 0 Å². The molecule has 2 saturated heterocycles. The van der Waals surface area contributed by atoms with Crippen LogP contribution in [0.15, 0.2) is 109 Å². The highest BCUT2D eigenvalue weighted by Gasteiger charge is 2.47. The van der Waals surface area contributed by atoms with Crippen LogP contribution in [0.5, 0.6) is 0 Å². The van der Waals surface area contributed by atoms with Gasteiger partial charge in [-0.05, 0) is 105 Å². The van der Waals surface area contributed by atoms with E-state index in [1.165, 1.54) is 0 Å². The van der Waals surface area contributed by atoms with Gasteiger partial charge in [-0.15, -0.1) is 10.2 Å². The molecule has 4 heterocycles. The van der Waals surface area contributed by atoms with Gasteiger partial charge in [0.1, 0.15) is 45.6 Å². The predicted molar refractivity (Wildman–Crippen MR) is 347 cm³/mol. The predicted octanol–water partition coefficient (Wildman–Crippen LogP) is 9.16. The minimum atomic E-state index is -0.876. The SMILES string of the molecule is CC[C@@H](C)C(=O)N[C@H](C(=O)N1C[C@@H](OCc2ccc(C#CC#Cc3ccc(CO[C@H]4C[C@@H](C(=O)Nc5snnc5-c5ccccc5)N(C(=O)[C@@H](NC(=O)[C@H](C)NC)C5CCCCC5)C4)cc3)cc2)C[C@H]1C(=O)Nc1snnc1-c1ccccc1)C1CCCCC1. The first-order chi connectivity index (χ1) is 43.8. The summed E-state index contributed by atoms with van der Waals surface area (Å²) in [5, 5.41) is 24.8. The summed E-state index contributed by atoms with van der Waals surface area (Å²) in [7, 11) is 1.70. The molecule has 90 heavy (non-hydrogen) atoms. The van der Waals surface area contributed by atoms with E-state index >= 15 is 0 Å². The Morgan fingerprint density at radius 1 is 0.567 bits per heavy atom. The quantitative estimate of drug-likeness (QED) is 0.0399. The fourth-order valence-corrected chi connectivity index (χ4v) is 13.5. The topological polar surface area (TPSA) is 239 Å². The molecule has 6 aromatic rings. The maximum atomic E-state index is 14.8. The number of ether oxygens (including phenoxy) is 2. The summed E-state index contributed by atoms with van der Waals surface area (Å²) in [6.07, 6.45) is 9.51. The first kappa shape index (κ1) is 64.8. The summed E-state index contributed by atoms with van der Waals surface area (Å²) in [6.45, 7) is 6.39. The van der Waals surface area contributed by atoms with Gasteiger partial charge in [-0.2, -0.15) is 0 Å². The normalized spacial score (nSPS) is 19.9. The number of hydrogen-bond acceptors (Lipinski definition) is 15. The number of benzene rings is 4. The second kappa shape index (κ2) is 31.5. The van der Waals surface area contributed by atoms with Crippen molar-refractivity contribution in [2.75, 3.05) is 30.8 Å². The molecule has 19 nitrogen and oxygen atoms in total. The van der Waals surface area contributed by atoms with Gasteiger partial charge in [-0.25, -0.2) is 0 Å². The molecular weight excluding hydrogens is 1170 g/mol. The lowest BCUT2D eigenvalue weighted by atomic mass is 9.83. The van der Waals surface area contributed by atoms with E-state index in [0.717, 1.165) is 121 Å². The summed E-state index contributed by atoms with van der Waals surface area (Å²) in [5.41, 5.74) is 6.00. The average molecular weight is 1250 g/mol. The number of aromatic nitrogens is 4. The summed E-state index contributed by atoms with van der Waals surface area (Å²) in [4.78, 5) is 88.3. The lowest BCUT2D eigenvalue weighted by Crippen LogP contribution is -2.57. The third kappa shape index (κ3) is 16.6. The number of carbonyl (C=O) groups excluding carboxylic acids is 6. The molecular formula is C69H79N11O8S2. The van der Waals surface area contributed by atoms with E-state index in [2.05, 4.69) is 69.4 Å². The Hall–Kier alpha value is -8.18. The second-order valence-electron chi connectivity index (χ2n) is 23.9. The molecule has 2 aromatic heterocycles. The summed E-state index contributed by atoms with van der Waals surface area (Å²) < 4.78 is 21.2. The number of likely N-dealkylation sites (N-methyl/N-ethyl adjacent to an activating group) is 1. The maximum absolute atomic E-state index is 14.8. The first-order valence-corrected chi connectivity index (χ1v) is 33.1. The van der Waals surface area contributed by atoms with Crippen LogP contribution in [0.3, 0.4) is 0 Å². The van der Waals surface area contributed by atoms with Crippen molar-refractivity contribution < 1.29 is 38.2 Å². The summed E-state index contributed by atoms with van der Waals surface area (Å²) in [6, 6.07) is 30.5. The molecule has 470 valence electrons. The van der Waals surface area contributed by atoms with Gasteiger partial charge in [-0.3, -0.25) is 28.8 Å². The van der Waals surface area contributed by atoms with Crippen molar-refractivity contribution in [1.82, 2.24) is 44.9 Å². The zero-order valence-corrected chi connectivity index (χ0v) is 53.1. The number of nitrogens with zero attached hydrogens (tertiary/aromatic N) is 6. The molecule has 8 atom stereocenters. The Morgan fingerprint density at radius 3 is 1.38 bits per heavy atom. The molecule has 4 aliphatic rings. The summed E-state index contributed by atoms with van der Waals surface area (Å²) >= 11 is 2.15. The van der Waals surface area contributed by atoms with Crippen LogP contribution in [0.4, 0.5) is 10.0 Å². The van der Waals surface area contributed by atoms with Gasteiger partial charge in [0.15, 0.2) is 0 Å². The summed E-state index contributed by atoms with van der Waals surface area (Å²) in [5.74, 6) is 10.1. The average Bonchev–Trinajstić information content (AvgIpc) is 1.86. The molecule has 4 aromatic carbocycles. The Bertz CT molecular complexity index is 3320. The van der Waals surface area contributed by atoms with Crippen molar-refractivity contribution in [3.63, 3.8) is 0 Å². The number of rotatable bonds is 22. The van der Waals surface area contributed by atoms with Gasteiger partial charge >= 0.3 is 0 Å². The van der Waals surface area contributed by atoms with Crippen LogP contribution in [0, 0.1) is 41.4 Å². The second-order valence-corrected chi connectivity index (χ2v) is 25.5. The Balaban J connectivity index is 0.757. The van der Waals surface area contributed by atoms with E-state index in [9.17, 15) is 28.8 Å². The molecule has 2 aliphatic carbocycles. The molecule has 0 bridgehead atoms. The Labute approximate surface area is 534 Å². The fraction of sp³-hybridized carbons (Fsp3) is 0.449. The van der Waals surface area contributed by atoms with Crippen molar-refractivity contribution in [3.8, 4) is 46.2 Å². The van der Waals surface area contributed by atoms with E-state index in [0.29, 0.717) is 27.8 Å². The molecule has 4 fully saturated rings. The molecule has 0 spiro atoms. The largest absolute Gasteiger partial charge is 0.372 e. The van der Waals surface area contributed by atoms with Gasteiger partial charge in [-0.1, -0.05) is 158 Å². The number of likely N-dealkylation sites (tertiary alicyclic amines) is 2. The minimum absolute atomic E-state index is 0.0357. The molecule has 0 radical (unpaired) electrons. The molecule has 0 unspecified atom stereocenters. The van der Waals surface area contributed by atoms with Crippen molar-refractivity contribution >= 4 is 68.5 Å². The molecule has 10 rings (SSSR count). The highest BCUT2D eigenvalue weighted by Crippen LogP contribution is 2.36. The van der Waals surface area contributed by atoms with Gasteiger partial charge in [0.05, 0.1) is 31.5 Å². The number of carbonyl (C=O) groups is 6. The van der Waals surface area contributed by atoms with Gasteiger partial charge in [0.2, 0.25) is 35.4 Å². The van der Waals surface area contributed by atoms with Crippen LogP contribution in [-0.2, 0) is 51.5 Å². The lowest BCUT2D eigenvalue weighted by Gasteiger charge is -2.35.